The third kappa shape index (κ3) is 4.94. The molecule has 3 aromatic heterocycles. The smallest absolute Gasteiger partial charge is 0.316 e. The fraction of sp³-hybridized carbons (Fsp3) is 0.0233. The zero-order valence-electron chi connectivity index (χ0n) is 26.5. The summed E-state index contributed by atoms with van der Waals surface area (Å²) in [5.41, 5.74) is 7.33. The molecule has 0 atom stereocenters. The molecule has 0 unspecified atom stereocenters. The van der Waals surface area contributed by atoms with Crippen molar-refractivity contribution in [2.24, 2.45) is 0 Å². The maximum Gasteiger partial charge on any atom is 0.418 e. The van der Waals surface area contributed by atoms with Gasteiger partial charge in [-0.25, -0.2) is 9.97 Å². The average Bonchev–Trinajstić information content (AvgIpc) is 3.75. The number of hydrogen-bond donors (Lipinski definition) is 0. The summed E-state index contributed by atoms with van der Waals surface area (Å²) in [6.45, 7) is 0. The van der Waals surface area contributed by atoms with Crippen LogP contribution in [0.15, 0.2) is 164 Å². The van der Waals surface area contributed by atoms with Crippen molar-refractivity contribution in [3.05, 3.63) is 169 Å². The van der Waals surface area contributed by atoms with Crippen LogP contribution in [0.2, 0.25) is 0 Å². The summed E-state index contributed by atoms with van der Waals surface area (Å²) in [4.78, 5) is 10.1. The Kier molecular flexibility index (Phi) is 6.88. The van der Waals surface area contributed by atoms with Crippen LogP contribution in [0, 0.1) is 0 Å². The van der Waals surface area contributed by atoms with Gasteiger partial charge in [0, 0.05) is 44.7 Å². The quantitative estimate of drug-likeness (QED) is 0.185. The van der Waals surface area contributed by atoms with E-state index in [1.54, 1.807) is 16.8 Å². The Labute approximate surface area is 285 Å². The van der Waals surface area contributed by atoms with Gasteiger partial charge < -0.3 is 9.13 Å². The first-order chi connectivity index (χ1) is 24.4. The predicted molar refractivity (Wildman–Crippen MR) is 195 cm³/mol. The molecule has 0 aliphatic rings. The summed E-state index contributed by atoms with van der Waals surface area (Å²) in [6.07, 6.45) is -2.77. The molecule has 0 fully saturated rings. The second kappa shape index (κ2) is 11.6. The number of nitrogens with zero attached hydrogens (tertiary/aromatic N) is 4. The van der Waals surface area contributed by atoms with Gasteiger partial charge in [-0.1, -0.05) is 109 Å². The highest BCUT2D eigenvalue weighted by atomic mass is 19.4. The molecule has 7 heteroatoms. The Morgan fingerprint density at radius 1 is 0.480 bits per heavy atom. The van der Waals surface area contributed by atoms with Crippen LogP contribution in [0.5, 0.6) is 0 Å². The van der Waals surface area contributed by atoms with E-state index in [4.69, 9.17) is 9.97 Å². The SMILES string of the molecule is FC(F)(F)c1ccccc1-n1ccc2c1ccc1c3ccccc3n(-c3cccc(-c4nc(-c5ccccc5)cc(-c5ccccc5)n4)c3)c12. The van der Waals surface area contributed by atoms with Gasteiger partial charge in [-0.15, -0.1) is 0 Å². The van der Waals surface area contributed by atoms with E-state index in [0.29, 0.717) is 11.3 Å². The molecule has 9 aromatic rings. The topological polar surface area (TPSA) is 35.6 Å². The van der Waals surface area contributed by atoms with Crippen LogP contribution < -0.4 is 0 Å². The van der Waals surface area contributed by atoms with Crippen LogP contribution in [0.25, 0.3) is 78.0 Å². The van der Waals surface area contributed by atoms with E-state index in [1.165, 1.54) is 12.1 Å². The molecule has 6 aromatic carbocycles. The number of aromatic nitrogens is 4. The van der Waals surface area contributed by atoms with Gasteiger partial charge in [0.15, 0.2) is 5.82 Å². The third-order valence-electron chi connectivity index (χ3n) is 9.20. The number of para-hydroxylation sites is 2. The van der Waals surface area contributed by atoms with Crippen molar-refractivity contribution < 1.29 is 13.2 Å². The van der Waals surface area contributed by atoms with Crippen LogP contribution in [-0.4, -0.2) is 19.1 Å². The molecule has 0 spiro atoms. The molecular weight excluding hydrogens is 629 g/mol. The van der Waals surface area contributed by atoms with Gasteiger partial charge in [-0.3, -0.25) is 0 Å². The van der Waals surface area contributed by atoms with E-state index in [1.807, 2.05) is 115 Å². The molecular formula is C43H27F3N4. The number of halogens is 3. The predicted octanol–water partition coefficient (Wildman–Crippen LogP) is 11.5. The van der Waals surface area contributed by atoms with E-state index in [-0.39, 0.29) is 5.69 Å². The molecule has 0 saturated carbocycles. The molecule has 50 heavy (non-hydrogen) atoms. The van der Waals surface area contributed by atoms with Crippen molar-refractivity contribution >= 4 is 32.7 Å². The number of alkyl halides is 3. The number of benzene rings is 6. The maximum atomic E-state index is 14.1. The van der Waals surface area contributed by atoms with E-state index < -0.39 is 11.7 Å². The molecule has 0 N–H and O–H groups in total. The summed E-state index contributed by atoms with van der Waals surface area (Å²) in [5.74, 6) is 0.591. The normalized spacial score (nSPS) is 11.9. The molecule has 0 radical (unpaired) electrons. The van der Waals surface area contributed by atoms with Crippen molar-refractivity contribution in [1.82, 2.24) is 19.1 Å². The number of rotatable bonds is 5. The van der Waals surface area contributed by atoms with Crippen molar-refractivity contribution in [3.8, 4) is 45.3 Å². The highest BCUT2D eigenvalue weighted by Crippen LogP contribution is 2.40. The van der Waals surface area contributed by atoms with Gasteiger partial charge in [0.05, 0.1) is 39.2 Å². The zero-order valence-corrected chi connectivity index (χ0v) is 26.5. The van der Waals surface area contributed by atoms with Gasteiger partial charge in [0.1, 0.15) is 0 Å². The molecule has 0 aliphatic carbocycles. The summed E-state index contributed by atoms with van der Waals surface area (Å²) >= 11 is 0. The minimum atomic E-state index is -4.49. The Balaban J connectivity index is 1.27. The highest BCUT2D eigenvalue weighted by Gasteiger charge is 2.34. The lowest BCUT2D eigenvalue weighted by Gasteiger charge is -2.15. The molecule has 9 rings (SSSR count). The Morgan fingerprint density at radius 2 is 1.12 bits per heavy atom. The number of hydrogen-bond acceptors (Lipinski definition) is 2. The van der Waals surface area contributed by atoms with E-state index >= 15 is 0 Å². The van der Waals surface area contributed by atoms with Crippen LogP contribution in [0.4, 0.5) is 13.2 Å². The van der Waals surface area contributed by atoms with E-state index in [9.17, 15) is 13.2 Å². The van der Waals surface area contributed by atoms with Gasteiger partial charge in [0.25, 0.3) is 0 Å². The first-order valence-electron chi connectivity index (χ1n) is 16.2. The Hall–Kier alpha value is -6.47. The summed E-state index contributed by atoms with van der Waals surface area (Å²) in [6, 6.07) is 50.0. The van der Waals surface area contributed by atoms with Gasteiger partial charge >= 0.3 is 6.18 Å². The molecule has 0 bridgehead atoms. The van der Waals surface area contributed by atoms with Crippen molar-refractivity contribution in [3.63, 3.8) is 0 Å². The fourth-order valence-corrected chi connectivity index (χ4v) is 6.95. The molecule has 4 nitrogen and oxygen atoms in total. The molecule has 0 aliphatic heterocycles. The highest BCUT2D eigenvalue weighted by molar-refractivity contribution is 6.18. The van der Waals surface area contributed by atoms with Crippen LogP contribution in [-0.2, 0) is 6.18 Å². The molecule has 0 amide bonds. The fourth-order valence-electron chi connectivity index (χ4n) is 6.95. The monoisotopic (exact) mass is 656 g/mol. The Bertz CT molecular complexity index is 2630. The van der Waals surface area contributed by atoms with Crippen LogP contribution >= 0.6 is 0 Å². The van der Waals surface area contributed by atoms with Gasteiger partial charge in [-0.2, -0.15) is 13.2 Å². The summed E-state index contributed by atoms with van der Waals surface area (Å²) in [5, 5.41) is 2.90. The standard InChI is InChI=1S/C43H27F3N4/c44-43(45,46)35-19-8-10-21-40(35)49-25-24-34-38(49)23-22-33-32-18-7-9-20-39(32)50(41(33)34)31-17-11-16-30(26-31)42-47-36(28-12-3-1-4-13-28)27-37(48-42)29-14-5-2-6-15-29/h1-27H. The zero-order chi connectivity index (χ0) is 33.8. The lowest BCUT2D eigenvalue weighted by atomic mass is 10.1. The minimum absolute atomic E-state index is 0.0867. The first kappa shape index (κ1) is 29.7. The van der Waals surface area contributed by atoms with Crippen molar-refractivity contribution in [1.29, 1.82) is 0 Å². The summed E-state index contributed by atoms with van der Waals surface area (Å²) in [7, 11) is 0. The third-order valence-corrected chi connectivity index (χ3v) is 9.20. The van der Waals surface area contributed by atoms with Crippen molar-refractivity contribution in [2.75, 3.05) is 0 Å². The van der Waals surface area contributed by atoms with Crippen LogP contribution in [0.1, 0.15) is 5.56 Å². The van der Waals surface area contributed by atoms with Gasteiger partial charge in [0.2, 0.25) is 0 Å². The van der Waals surface area contributed by atoms with Crippen molar-refractivity contribution in [2.45, 2.75) is 6.18 Å². The summed E-state index contributed by atoms with van der Waals surface area (Å²) < 4.78 is 46.2. The average molecular weight is 657 g/mol. The van der Waals surface area contributed by atoms with Crippen LogP contribution in [0.3, 0.4) is 0 Å². The molecule has 3 heterocycles. The minimum Gasteiger partial charge on any atom is -0.316 e. The second-order valence-electron chi connectivity index (χ2n) is 12.2. The largest absolute Gasteiger partial charge is 0.418 e. The first-order valence-corrected chi connectivity index (χ1v) is 16.2. The van der Waals surface area contributed by atoms with E-state index in [0.717, 1.165) is 67.0 Å². The number of fused-ring (bicyclic) bond motifs is 5. The molecule has 0 saturated heterocycles. The Morgan fingerprint density at radius 3 is 1.84 bits per heavy atom. The second-order valence-corrected chi connectivity index (χ2v) is 12.2. The molecule has 240 valence electrons. The lowest BCUT2D eigenvalue weighted by Crippen LogP contribution is -2.10. The van der Waals surface area contributed by atoms with Gasteiger partial charge in [-0.05, 0) is 48.5 Å². The lowest BCUT2D eigenvalue weighted by molar-refractivity contribution is -0.137. The maximum absolute atomic E-state index is 14.1. The van der Waals surface area contributed by atoms with E-state index in [2.05, 4.69) is 22.8 Å².